The number of hydrogen-bond donors (Lipinski definition) is 2. The molecule has 0 spiro atoms. The van der Waals surface area contributed by atoms with E-state index in [1.54, 1.807) is 13.8 Å². The van der Waals surface area contributed by atoms with E-state index in [1.807, 2.05) is 20.8 Å². The Morgan fingerprint density at radius 1 is 1.40 bits per heavy atom. The van der Waals surface area contributed by atoms with Crippen LogP contribution in [0.15, 0.2) is 0 Å². The maximum absolute atomic E-state index is 11.0. The summed E-state index contributed by atoms with van der Waals surface area (Å²) in [4.78, 5) is 11.0. The van der Waals surface area contributed by atoms with E-state index < -0.39 is 11.1 Å². The van der Waals surface area contributed by atoms with Crippen molar-refractivity contribution < 1.29 is 14.6 Å². The lowest BCUT2D eigenvalue weighted by molar-refractivity contribution is -0.141. The second kappa shape index (κ2) is 4.94. The van der Waals surface area contributed by atoms with Gasteiger partial charge in [0.25, 0.3) is 0 Å². The molecule has 15 heavy (non-hydrogen) atoms. The Morgan fingerprint density at radius 2 is 1.87 bits per heavy atom. The molecular weight excluding hydrogens is 194 g/mol. The number of rotatable bonds is 5. The molecule has 2 N–H and O–H groups in total. The van der Waals surface area contributed by atoms with Crippen molar-refractivity contribution in [1.29, 1.82) is 0 Å². The molecular formula is C11H23NO3. The molecule has 90 valence electrons. The summed E-state index contributed by atoms with van der Waals surface area (Å²) in [5.74, 6) is -0.249. The smallest absolute Gasteiger partial charge is 0.307 e. The van der Waals surface area contributed by atoms with Gasteiger partial charge in [0.15, 0.2) is 0 Å². The molecule has 0 aliphatic rings. The van der Waals surface area contributed by atoms with E-state index >= 15 is 0 Å². The van der Waals surface area contributed by atoms with Crippen molar-refractivity contribution in [2.45, 2.75) is 58.2 Å². The molecule has 0 amide bonds. The molecule has 0 saturated carbocycles. The lowest BCUT2D eigenvalue weighted by atomic mass is 9.85. The Bertz CT molecular complexity index is 218. The van der Waals surface area contributed by atoms with E-state index in [9.17, 15) is 9.90 Å². The highest BCUT2D eigenvalue weighted by Gasteiger charge is 2.35. The summed E-state index contributed by atoms with van der Waals surface area (Å²) in [5, 5.41) is 13.1. The van der Waals surface area contributed by atoms with Crippen LogP contribution in [-0.4, -0.2) is 35.4 Å². The maximum atomic E-state index is 11.0. The van der Waals surface area contributed by atoms with Gasteiger partial charge >= 0.3 is 5.97 Å². The van der Waals surface area contributed by atoms with Crippen molar-refractivity contribution in [3.8, 4) is 0 Å². The van der Waals surface area contributed by atoms with Crippen LogP contribution >= 0.6 is 0 Å². The van der Waals surface area contributed by atoms with Crippen LogP contribution in [0.3, 0.4) is 0 Å². The van der Waals surface area contributed by atoms with Gasteiger partial charge in [-0.05, 0) is 34.6 Å². The van der Waals surface area contributed by atoms with E-state index in [2.05, 4.69) is 10.1 Å². The van der Waals surface area contributed by atoms with Crippen LogP contribution < -0.4 is 5.32 Å². The highest BCUT2D eigenvalue weighted by atomic mass is 16.5. The number of ether oxygens (including phenoxy) is 1. The molecule has 0 bridgehead atoms. The second-order valence-corrected chi connectivity index (χ2v) is 5.01. The molecule has 0 aromatic carbocycles. The van der Waals surface area contributed by atoms with Gasteiger partial charge < -0.3 is 15.2 Å². The summed E-state index contributed by atoms with van der Waals surface area (Å²) in [6.07, 6.45) is 0.302. The third kappa shape index (κ3) is 4.62. The van der Waals surface area contributed by atoms with E-state index in [0.29, 0.717) is 6.42 Å². The van der Waals surface area contributed by atoms with Crippen LogP contribution in [0, 0.1) is 0 Å². The number of aliphatic hydroxyl groups is 1. The number of carbonyl (C=O) groups excluding carboxylic acids is 1. The van der Waals surface area contributed by atoms with Gasteiger partial charge in [-0.3, -0.25) is 4.79 Å². The molecule has 0 aromatic heterocycles. The lowest BCUT2D eigenvalue weighted by Crippen LogP contribution is -2.58. The van der Waals surface area contributed by atoms with Crippen LogP contribution in [0.2, 0.25) is 0 Å². The number of esters is 1. The normalized spacial score (nSPS) is 14.9. The average Bonchev–Trinajstić information content (AvgIpc) is 2.00. The average molecular weight is 217 g/mol. The van der Waals surface area contributed by atoms with Gasteiger partial charge in [0.05, 0.1) is 19.1 Å². The second-order valence-electron chi connectivity index (χ2n) is 5.01. The molecule has 0 heterocycles. The molecule has 0 radical (unpaired) electrons. The molecule has 4 nitrogen and oxygen atoms in total. The van der Waals surface area contributed by atoms with Crippen molar-refractivity contribution in [2.24, 2.45) is 0 Å². The van der Waals surface area contributed by atoms with Gasteiger partial charge in [-0.2, -0.15) is 0 Å². The molecule has 1 atom stereocenters. The van der Waals surface area contributed by atoms with Crippen molar-refractivity contribution >= 4 is 5.97 Å². The lowest BCUT2D eigenvalue weighted by Gasteiger charge is -2.40. The van der Waals surface area contributed by atoms with Crippen LogP contribution in [0.25, 0.3) is 0 Å². The first kappa shape index (κ1) is 14.4. The first-order valence-electron chi connectivity index (χ1n) is 5.17. The van der Waals surface area contributed by atoms with Gasteiger partial charge in [-0.25, -0.2) is 0 Å². The van der Waals surface area contributed by atoms with Crippen molar-refractivity contribution in [3.63, 3.8) is 0 Å². The highest BCUT2D eigenvalue weighted by molar-refractivity contribution is 5.69. The molecule has 0 aliphatic carbocycles. The molecule has 0 fully saturated rings. The summed E-state index contributed by atoms with van der Waals surface area (Å²) < 4.78 is 4.58. The zero-order valence-corrected chi connectivity index (χ0v) is 10.5. The van der Waals surface area contributed by atoms with Gasteiger partial charge in [0.1, 0.15) is 0 Å². The number of carbonyl (C=O) groups is 1. The molecule has 0 aliphatic heterocycles. The van der Waals surface area contributed by atoms with Crippen LogP contribution in [0.4, 0.5) is 0 Å². The number of nitrogens with one attached hydrogen (secondary N) is 1. The molecule has 1 unspecified atom stereocenters. The predicted molar refractivity (Wildman–Crippen MR) is 59.6 cm³/mol. The Morgan fingerprint density at radius 3 is 2.20 bits per heavy atom. The minimum Gasteiger partial charge on any atom is -0.469 e. The summed E-state index contributed by atoms with van der Waals surface area (Å²) >= 11 is 0. The van der Waals surface area contributed by atoms with Crippen molar-refractivity contribution in [1.82, 2.24) is 5.32 Å². The van der Waals surface area contributed by atoms with E-state index in [0.717, 1.165) is 0 Å². The highest BCUT2D eigenvalue weighted by Crippen LogP contribution is 2.21. The molecule has 0 aromatic rings. The van der Waals surface area contributed by atoms with Crippen molar-refractivity contribution in [2.75, 3.05) is 7.11 Å². The fourth-order valence-electron chi connectivity index (χ4n) is 1.18. The standard InChI is InChI=1S/C11H23NO3/c1-8(7-9(13)15-6)12-10(2,3)11(4,5)14/h8,12,14H,7H2,1-6H3. The zero-order chi connectivity index (χ0) is 12.3. The minimum absolute atomic E-state index is 0.0288. The minimum atomic E-state index is -0.850. The van der Waals surface area contributed by atoms with Gasteiger partial charge in [-0.15, -0.1) is 0 Å². The van der Waals surface area contributed by atoms with Crippen LogP contribution in [-0.2, 0) is 9.53 Å². The summed E-state index contributed by atoms with van der Waals surface area (Å²) in [6, 6.07) is -0.0288. The molecule has 0 rings (SSSR count). The molecule has 4 heteroatoms. The number of hydrogen-bond acceptors (Lipinski definition) is 4. The van der Waals surface area contributed by atoms with Crippen LogP contribution in [0.5, 0.6) is 0 Å². The van der Waals surface area contributed by atoms with Gasteiger partial charge in [-0.1, -0.05) is 0 Å². The monoisotopic (exact) mass is 217 g/mol. The Balaban J connectivity index is 4.28. The first-order chi connectivity index (χ1) is 6.60. The van der Waals surface area contributed by atoms with Gasteiger partial charge in [0, 0.05) is 11.6 Å². The predicted octanol–water partition coefficient (Wildman–Crippen LogP) is 1.08. The van der Waals surface area contributed by atoms with Crippen molar-refractivity contribution in [3.05, 3.63) is 0 Å². The summed E-state index contributed by atoms with van der Waals surface area (Å²) in [7, 11) is 1.37. The third-order valence-corrected chi connectivity index (χ3v) is 2.84. The zero-order valence-electron chi connectivity index (χ0n) is 10.5. The summed E-state index contributed by atoms with van der Waals surface area (Å²) in [6.45, 7) is 9.18. The Kier molecular flexibility index (Phi) is 4.74. The first-order valence-corrected chi connectivity index (χ1v) is 5.17. The van der Waals surface area contributed by atoms with Crippen LogP contribution in [0.1, 0.15) is 41.0 Å². The largest absolute Gasteiger partial charge is 0.469 e. The van der Waals surface area contributed by atoms with E-state index in [1.165, 1.54) is 7.11 Å². The quantitative estimate of drug-likeness (QED) is 0.676. The van der Waals surface area contributed by atoms with E-state index in [-0.39, 0.29) is 12.0 Å². The third-order valence-electron chi connectivity index (χ3n) is 2.84. The SMILES string of the molecule is COC(=O)CC(C)NC(C)(C)C(C)(C)O. The fraction of sp³-hybridized carbons (Fsp3) is 0.909. The molecule has 0 saturated heterocycles. The van der Waals surface area contributed by atoms with E-state index in [4.69, 9.17) is 0 Å². The van der Waals surface area contributed by atoms with Gasteiger partial charge in [0.2, 0.25) is 0 Å². The maximum Gasteiger partial charge on any atom is 0.307 e. The number of methoxy groups -OCH3 is 1. The topological polar surface area (TPSA) is 58.6 Å². The Labute approximate surface area is 92.0 Å². The Hall–Kier alpha value is -0.610. The summed E-state index contributed by atoms with van der Waals surface area (Å²) in [5.41, 5.74) is -1.31. The fourth-order valence-corrected chi connectivity index (χ4v) is 1.18.